The van der Waals surface area contributed by atoms with E-state index in [0.717, 1.165) is 12.1 Å². The van der Waals surface area contributed by atoms with Crippen LogP contribution in [-0.4, -0.2) is 23.8 Å². The first kappa shape index (κ1) is 17.1. The molecule has 21 heavy (non-hydrogen) atoms. The molecule has 0 fully saturated rings. The van der Waals surface area contributed by atoms with Gasteiger partial charge in [-0.15, -0.1) is 0 Å². The fourth-order valence-electron chi connectivity index (χ4n) is 1.60. The van der Waals surface area contributed by atoms with Crippen LogP contribution in [0.4, 0.5) is 32.0 Å². The van der Waals surface area contributed by atoms with Crippen LogP contribution in [0.1, 0.15) is 28.8 Å². The van der Waals surface area contributed by atoms with Crippen LogP contribution in [0, 0.1) is 0 Å². The lowest BCUT2D eigenvalue weighted by Gasteiger charge is -2.13. The summed E-state index contributed by atoms with van der Waals surface area (Å²) in [4.78, 5) is 10.8. The molecule has 0 saturated heterocycles. The van der Waals surface area contributed by atoms with Gasteiger partial charge in [0.25, 0.3) is 0 Å². The molecule has 9 heteroatoms. The first-order chi connectivity index (χ1) is 9.50. The standard InChI is InChI=1S/C12H11F6NO2/c13-11(14,15)4-1-5-19-7-2-3-9(12(16,17)18)8(6-7)10(20)21/h2-3,6,19H,1,4-5H2,(H,20,21). The average molecular weight is 315 g/mol. The van der Waals surface area contributed by atoms with Crippen LogP contribution < -0.4 is 5.32 Å². The first-order valence-electron chi connectivity index (χ1n) is 5.76. The van der Waals surface area contributed by atoms with Crippen molar-refractivity contribution < 1.29 is 36.2 Å². The molecule has 0 aliphatic heterocycles. The molecule has 0 unspecified atom stereocenters. The van der Waals surface area contributed by atoms with Gasteiger partial charge in [0.1, 0.15) is 0 Å². The van der Waals surface area contributed by atoms with Crippen LogP contribution in [0.5, 0.6) is 0 Å². The second-order valence-corrected chi connectivity index (χ2v) is 4.21. The van der Waals surface area contributed by atoms with Gasteiger partial charge in [-0.1, -0.05) is 0 Å². The van der Waals surface area contributed by atoms with Crippen LogP contribution in [-0.2, 0) is 6.18 Å². The predicted molar refractivity (Wildman–Crippen MR) is 62.2 cm³/mol. The summed E-state index contributed by atoms with van der Waals surface area (Å²) in [6.45, 7) is -0.135. The van der Waals surface area contributed by atoms with Crippen molar-refractivity contribution in [1.29, 1.82) is 0 Å². The monoisotopic (exact) mass is 315 g/mol. The normalized spacial score (nSPS) is 12.3. The van der Waals surface area contributed by atoms with Crippen LogP contribution >= 0.6 is 0 Å². The van der Waals surface area contributed by atoms with Crippen LogP contribution in [0.15, 0.2) is 18.2 Å². The van der Waals surface area contributed by atoms with E-state index in [0.29, 0.717) is 6.07 Å². The molecule has 3 nitrogen and oxygen atoms in total. The molecule has 0 amide bonds. The highest BCUT2D eigenvalue weighted by molar-refractivity contribution is 5.91. The summed E-state index contributed by atoms with van der Waals surface area (Å²) in [7, 11) is 0. The Morgan fingerprint density at radius 1 is 1.14 bits per heavy atom. The van der Waals surface area contributed by atoms with Gasteiger partial charge >= 0.3 is 18.3 Å². The molecule has 0 radical (unpaired) electrons. The van der Waals surface area contributed by atoms with Crippen LogP contribution in [0.2, 0.25) is 0 Å². The van der Waals surface area contributed by atoms with Crippen LogP contribution in [0.3, 0.4) is 0 Å². The number of anilines is 1. The molecule has 0 atom stereocenters. The number of carboxylic acid groups (broad SMARTS) is 1. The van der Waals surface area contributed by atoms with Gasteiger partial charge in [-0.2, -0.15) is 26.3 Å². The third-order valence-corrected chi connectivity index (χ3v) is 2.52. The van der Waals surface area contributed by atoms with Crippen LogP contribution in [0.25, 0.3) is 0 Å². The lowest BCUT2D eigenvalue weighted by atomic mass is 10.1. The van der Waals surface area contributed by atoms with Crippen molar-refractivity contribution in [2.24, 2.45) is 0 Å². The second kappa shape index (κ2) is 6.23. The van der Waals surface area contributed by atoms with Gasteiger partial charge in [0.15, 0.2) is 0 Å². The van der Waals surface area contributed by atoms with Crippen molar-refractivity contribution in [3.63, 3.8) is 0 Å². The maximum atomic E-state index is 12.6. The molecule has 0 aromatic heterocycles. The smallest absolute Gasteiger partial charge is 0.417 e. The van der Waals surface area contributed by atoms with E-state index >= 15 is 0 Å². The quantitative estimate of drug-likeness (QED) is 0.634. The summed E-state index contributed by atoms with van der Waals surface area (Å²) in [6.07, 6.45) is -10.4. The minimum atomic E-state index is -4.82. The highest BCUT2D eigenvalue weighted by atomic mass is 19.4. The number of carboxylic acids is 1. The number of rotatable bonds is 5. The van der Waals surface area contributed by atoms with Crippen molar-refractivity contribution in [3.8, 4) is 0 Å². The molecular weight excluding hydrogens is 304 g/mol. The van der Waals surface area contributed by atoms with E-state index in [1.54, 1.807) is 0 Å². The van der Waals surface area contributed by atoms with Gasteiger partial charge in [-0.3, -0.25) is 0 Å². The predicted octanol–water partition coefficient (Wildman–Crippen LogP) is 4.16. The number of halogens is 6. The molecule has 0 saturated carbocycles. The highest BCUT2D eigenvalue weighted by Gasteiger charge is 2.35. The van der Waals surface area contributed by atoms with Crippen molar-refractivity contribution in [2.45, 2.75) is 25.2 Å². The summed E-state index contributed by atoms with van der Waals surface area (Å²) in [6, 6.07) is 2.30. The number of carbonyl (C=O) groups is 1. The zero-order chi connectivity index (χ0) is 16.3. The Bertz CT molecular complexity index is 509. The van der Waals surface area contributed by atoms with E-state index in [-0.39, 0.29) is 18.7 Å². The molecule has 0 spiro atoms. The Morgan fingerprint density at radius 3 is 2.24 bits per heavy atom. The molecule has 0 aliphatic rings. The Labute approximate surface area is 115 Å². The summed E-state index contributed by atoms with van der Waals surface area (Å²) < 4.78 is 73.4. The molecule has 0 aliphatic carbocycles. The number of hydrogen-bond donors (Lipinski definition) is 2. The Hall–Kier alpha value is -1.93. The van der Waals surface area contributed by atoms with Crippen molar-refractivity contribution in [3.05, 3.63) is 29.3 Å². The summed E-state index contributed by atoms with van der Waals surface area (Å²) in [5, 5.41) is 11.2. The lowest BCUT2D eigenvalue weighted by Crippen LogP contribution is -2.14. The maximum absolute atomic E-state index is 12.6. The summed E-state index contributed by atoms with van der Waals surface area (Å²) in [5.41, 5.74) is -2.25. The number of nitrogens with one attached hydrogen (secondary N) is 1. The highest BCUT2D eigenvalue weighted by Crippen LogP contribution is 2.33. The molecule has 1 aromatic carbocycles. The average Bonchev–Trinajstić information content (AvgIpc) is 2.32. The van der Waals surface area contributed by atoms with Gasteiger partial charge in [0.05, 0.1) is 11.1 Å². The molecule has 2 N–H and O–H groups in total. The second-order valence-electron chi connectivity index (χ2n) is 4.21. The zero-order valence-corrected chi connectivity index (χ0v) is 10.5. The number of benzene rings is 1. The number of alkyl halides is 6. The largest absolute Gasteiger partial charge is 0.478 e. The molecule has 1 rings (SSSR count). The Balaban J connectivity index is 2.78. The lowest BCUT2D eigenvalue weighted by molar-refractivity contribution is -0.138. The third-order valence-electron chi connectivity index (χ3n) is 2.52. The SMILES string of the molecule is O=C(O)c1cc(NCCCC(F)(F)F)ccc1C(F)(F)F. The minimum Gasteiger partial charge on any atom is -0.478 e. The molecule has 0 bridgehead atoms. The zero-order valence-electron chi connectivity index (χ0n) is 10.5. The van der Waals surface area contributed by atoms with E-state index in [1.165, 1.54) is 0 Å². The van der Waals surface area contributed by atoms with Crippen molar-refractivity contribution in [2.75, 3.05) is 11.9 Å². The van der Waals surface area contributed by atoms with Gasteiger partial charge in [-0.05, 0) is 24.6 Å². The molecule has 0 heterocycles. The van der Waals surface area contributed by atoms with E-state index in [1.807, 2.05) is 0 Å². The van der Waals surface area contributed by atoms with Gasteiger partial charge in [-0.25, -0.2) is 4.79 Å². The number of aromatic carboxylic acids is 1. The van der Waals surface area contributed by atoms with Gasteiger partial charge < -0.3 is 10.4 Å². The van der Waals surface area contributed by atoms with Gasteiger partial charge in [0, 0.05) is 18.7 Å². The minimum absolute atomic E-state index is 0.0163. The van der Waals surface area contributed by atoms with Crippen molar-refractivity contribution in [1.82, 2.24) is 0 Å². The van der Waals surface area contributed by atoms with E-state index in [4.69, 9.17) is 5.11 Å². The Kier molecular flexibility index (Phi) is 5.08. The Morgan fingerprint density at radius 2 is 1.76 bits per heavy atom. The fourth-order valence-corrected chi connectivity index (χ4v) is 1.60. The third kappa shape index (κ3) is 5.52. The summed E-state index contributed by atoms with van der Waals surface area (Å²) >= 11 is 0. The van der Waals surface area contributed by atoms with E-state index in [9.17, 15) is 31.1 Å². The van der Waals surface area contributed by atoms with Gasteiger partial charge in [0.2, 0.25) is 0 Å². The topological polar surface area (TPSA) is 49.3 Å². The molecular formula is C12H11F6NO2. The van der Waals surface area contributed by atoms with Crippen molar-refractivity contribution >= 4 is 11.7 Å². The van der Waals surface area contributed by atoms with E-state index in [2.05, 4.69) is 5.32 Å². The maximum Gasteiger partial charge on any atom is 0.417 e. The van der Waals surface area contributed by atoms with E-state index < -0.39 is 35.9 Å². The fraction of sp³-hybridized carbons (Fsp3) is 0.417. The molecule has 118 valence electrons. The number of hydrogen-bond acceptors (Lipinski definition) is 2. The summed E-state index contributed by atoms with van der Waals surface area (Å²) in [5.74, 6) is -1.76. The molecule has 1 aromatic rings. The first-order valence-corrected chi connectivity index (χ1v) is 5.76.